The van der Waals surface area contributed by atoms with Gasteiger partial charge in [-0.1, -0.05) is 67.1 Å². The van der Waals surface area contributed by atoms with E-state index in [9.17, 15) is 28.1 Å². The quantitative estimate of drug-likeness (QED) is 0.227. The maximum Gasteiger partial charge on any atom is 0.271 e. The molecular weight excluding hydrogens is 568 g/mol. The maximum absolute atomic E-state index is 14.1. The highest BCUT2D eigenvalue weighted by molar-refractivity contribution is 7.92. The van der Waals surface area contributed by atoms with Crippen LogP contribution in [-0.2, 0) is 32.6 Å². The number of carbonyl (C=O) groups is 2. The molecule has 0 radical (unpaired) electrons. The van der Waals surface area contributed by atoms with Crippen molar-refractivity contribution in [1.82, 2.24) is 10.2 Å². The SMILES string of the molecule is CCCNC(=O)[C@@H](Cc1ccccc1)N(Cc1cccc(Cl)c1)C(=O)CN(c1cc([N+](=O)[O-])ccc1C)S(C)(=O)=O. The normalized spacial score (nSPS) is 11.9. The molecule has 0 saturated carbocycles. The van der Waals surface area contributed by atoms with Gasteiger partial charge in [-0.2, -0.15) is 0 Å². The molecule has 1 N–H and O–H groups in total. The molecule has 10 nitrogen and oxygen atoms in total. The van der Waals surface area contributed by atoms with Crippen molar-refractivity contribution in [3.8, 4) is 0 Å². The first-order valence-corrected chi connectivity index (χ1v) is 15.2. The lowest BCUT2D eigenvalue weighted by molar-refractivity contribution is -0.384. The number of hydrogen-bond acceptors (Lipinski definition) is 6. The minimum atomic E-state index is -4.07. The van der Waals surface area contributed by atoms with Crippen LogP contribution in [0.5, 0.6) is 0 Å². The number of halogens is 1. The topological polar surface area (TPSA) is 130 Å². The van der Waals surface area contributed by atoms with Gasteiger partial charge in [0.05, 0.1) is 16.9 Å². The molecule has 2 amide bonds. The van der Waals surface area contributed by atoms with Crippen LogP contribution < -0.4 is 9.62 Å². The Balaban J connectivity index is 2.09. The number of carbonyl (C=O) groups excluding carboxylic acids is 2. The number of rotatable bonds is 13. The van der Waals surface area contributed by atoms with Gasteiger partial charge >= 0.3 is 0 Å². The van der Waals surface area contributed by atoms with Gasteiger partial charge in [0, 0.05) is 36.7 Å². The van der Waals surface area contributed by atoms with E-state index in [1.54, 1.807) is 31.2 Å². The van der Waals surface area contributed by atoms with Gasteiger partial charge in [0.1, 0.15) is 12.6 Å². The van der Waals surface area contributed by atoms with E-state index in [4.69, 9.17) is 11.6 Å². The van der Waals surface area contributed by atoms with Crippen LogP contribution in [0, 0.1) is 17.0 Å². The standard InChI is InChI=1S/C29H33ClN4O6S/c1-4-15-31-29(36)27(17-22-9-6-5-7-10-22)32(19-23-11-8-12-24(30)16-23)28(35)20-33(41(3,39)40)26-18-25(34(37)38)14-13-21(26)2/h5-14,16,18,27H,4,15,17,19-20H2,1-3H3,(H,31,36)/t27-/m1/s1. The molecule has 0 aliphatic carbocycles. The van der Waals surface area contributed by atoms with Crippen LogP contribution in [0.25, 0.3) is 0 Å². The Labute approximate surface area is 245 Å². The molecule has 3 rings (SSSR count). The Hall–Kier alpha value is -3.96. The molecule has 3 aromatic carbocycles. The molecule has 218 valence electrons. The summed E-state index contributed by atoms with van der Waals surface area (Å²) in [5, 5.41) is 14.7. The molecule has 0 heterocycles. The average molecular weight is 601 g/mol. The van der Waals surface area contributed by atoms with Crippen molar-refractivity contribution in [2.75, 3.05) is 23.7 Å². The van der Waals surface area contributed by atoms with E-state index >= 15 is 0 Å². The predicted octanol–water partition coefficient (Wildman–Crippen LogP) is 4.49. The first-order valence-electron chi connectivity index (χ1n) is 13.0. The molecule has 12 heteroatoms. The monoisotopic (exact) mass is 600 g/mol. The number of hydrogen-bond donors (Lipinski definition) is 1. The van der Waals surface area contributed by atoms with E-state index in [2.05, 4.69) is 5.32 Å². The Morgan fingerprint density at radius 3 is 2.32 bits per heavy atom. The van der Waals surface area contributed by atoms with Gasteiger partial charge in [-0.25, -0.2) is 8.42 Å². The number of anilines is 1. The zero-order chi connectivity index (χ0) is 30.2. The zero-order valence-electron chi connectivity index (χ0n) is 23.1. The van der Waals surface area contributed by atoms with Crippen LogP contribution in [0.3, 0.4) is 0 Å². The first kappa shape index (κ1) is 31.6. The second-order valence-electron chi connectivity index (χ2n) is 9.65. The lowest BCUT2D eigenvalue weighted by atomic mass is 10.0. The Kier molecular flexibility index (Phi) is 10.8. The van der Waals surface area contributed by atoms with Crippen LogP contribution in [-0.4, -0.2) is 55.4 Å². The summed E-state index contributed by atoms with van der Waals surface area (Å²) in [6.07, 6.45) is 1.78. The average Bonchev–Trinajstić information content (AvgIpc) is 2.92. The van der Waals surface area contributed by atoms with Gasteiger partial charge in [-0.15, -0.1) is 0 Å². The molecule has 0 aromatic heterocycles. The summed E-state index contributed by atoms with van der Waals surface area (Å²) in [5.41, 5.74) is 1.57. The smallest absolute Gasteiger partial charge is 0.271 e. The molecule has 0 aliphatic heterocycles. The number of amides is 2. The minimum Gasteiger partial charge on any atom is -0.354 e. The van der Waals surface area contributed by atoms with Crippen molar-refractivity contribution >= 4 is 44.8 Å². The van der Waals surface area contributed by atoms with Crippen molar-refractivity contribution < 1.29 is 22.9 Å². The number of nitrogens with zero attached hydrogens (tertiary/aromatic N) is 3. The summed E-state index contributed by atoms with van der Waals surface area (Å²) in [6, 6.07) is 18.9. The number of nitro benzene ring substituents is 1. The van der Waals surface area contributed by atoms with Crippen LogP contribution in [0.4, 0.5) is 11.4 Å². The second-order valence-corrected chi connectivity index (χ2v) is 12.0. The summed E-state index contributed by atoms with van der Waals surface area (Å²) < 4.78 is 26.7. The fourth-order valence-corrected chi connectivity index (χ4v) is 5.44. The van der Waals surface area contributed by atoms with E-state index < -0.39 is 33.4 Å². The van der Waals surface area contributed by atoms with E-state index in [1.165, 1.54) is 17.0 Å². The summed E-state index contributed by atoms with van der Waals surface area (Å²) in [4.78, 5) is 39.7. The largest absolute Gasteiger partial charge is 0.354 e. The Morgan fingerprint density at radius 2 is 1.71 bits per heavy atom. The van der Waals surface area contributed by atoms with Gasteiger partial charge in [0.2, 0.25) is 21.8 Å². The van der Waals surface area contributed by atoms with Crippen molar-refractivity contribution in [1.29, 1.82) is 0 Å². The summed E-state index contributed by atoms with van der Waals surface area (Å²) in [6.45, 7) is 3.20. The molecule has 0 bridgehead atoms. The summed E-state index contributed by atoms with van der Waals surface area (Å²) in [5.74, 6) is -1.04. The summed E-state index contributed by atoms with van der Waals surface area (Å²) >= 11 is 6.20. The van der Waals surface area contributed by atoms with E-state index in [0.717, 1.165) is 22.2 Å². The van der Waals surface area contributed by atoms with E-state index in [0.29, 0.717) is 29.1 Å². The van der Waals surface area contributed by atoms with Crippen LogP contribution in [0.15, 0.2) is 72.8 Å². The zero-order valence-corrected chi connectivity index (χ0v) is 24.7. The third kappa shape index (κ3) is 8.76. The van der Waals surface area contributed by atoms with Gasteiger partial charge in [0.15, 0.2) is 0 Å². The van der Waals surface area contributed by atoms with Gasteiger partial charge in [-0.3, -0.25) is 24.0 Å². The van der Waals surface area contributed by atoms with Gasteiger partial charge < -0.3 is 10.2 Å². The molecule has 3 aromatic rings. The lowest BCUT2D eigenvalue weighted by Gasteiger charge is -2.33. The van der Waals surface area contributed by atoms with Crippen molar-refractivity contribution in [3.63, 3.8) is 0 Å². The highest BCUT2D eigenvalue weighted by Crippen LogP contribution is 2.28. The fourth-order valence-electron chi connectivity index (χ4n) is 4.33. The van der Waals surface area contributed by atoms with Crippen LogP contribution in [0.1, 0.15) is 30.0 Å². The van der Waals surface area contributed by atoms with Gasteiger partial charge in [0.25, 0.3) is 5.69 Å². The third-order valence-electron chi connectivity index (χ3n) is 6.41. The Bertz CT molecular complexity index is 1500. The van der Waals surface area contributed by atoms with E-state index in [1.807, 2.05) is 37.3 Å². The van der Waals surface area contributed by atoms with Crippen molar-refractivity contribution in [2.24, 2.45) is 0 Å². The van der Waals surface area contributed by atoms with Crippen LogP contribution in [0.2, 0.25) is 5.02 Å². The molecule has 41 heavy (non-hydrogen) atoms. The molecule has 1 atom stereocenters. The first-order chi connectivity index (χ1) is 19.4. The molecular formula is C29H33ClN4O6S. The number of sulfonamides is 1. The van der Waals surface area contributed by atoms with E-state index in [-0.39, 0.29) is 30.2 Å². The highest BCUT2D eigenvalue weighted by Gasteiger charge is 2.33. The van der Waals surface area contributed by atoms with Crippen molar-refractivity contribution in [3.05, 3.63) is 105 Å². The minimum absolute atomic E-state index is 0.00722. The number of non-ortho nitro benzene ring substituents is 1. The van der Waals surface area contributed by atoms with Crippen LogP contribution >= 0.6 is 11.6 Å². The van der Waals surface area contributed by atoms with Crippen molar-refractivity contribution in [2.45, 2.75) is 39.3 Å². The fraction of sp³-hybridized carbons (Fsp3) is 0.310. The lowest BCUT2D eigenvalue weighted by Crippen LogP contribution is -2.53. The molecule has 0 aliphatic rings. The number of nitrogens with one attached hydrogen (secondary N) is 1. The number of aryl methyl sites for hydroxylation is 1. The number of benzene rings is 3. The number of nitro groups is 1. The summed E-state index contributed by atoms with van der Waals surface area (Å²) in [7, 11) is -4.07. The molecule has 0 fully saturated rings. The second kappa shape index (κ2) is 14.1. The Morgan fingerprint density at radius 1 is 1.02 bits per heavy atom. The maximum atomic E-state index is 14.1. The third-order valence-corrected chi connectivity index (χ3v) is 7.78. The molecule has 0 unspecified atom stereocenters. The molecule has 0 saturated heterocycles. The van der Waals surface area contributed by atoms with Gasteiger partial charge in [-0.05, 0) is 42.2 Å². The highest BCUT2D eigenvalue weighted by atomic mass is 35.5. The predicted molar refractivity (Wildman–Crippen MR) is 159 cm³/mol. The molecule has 0 spiro atoms.